The normalized spacial score (nSPS) is 52.4. The van der Waals surface area contributed by atoms with Crippen LogP contribution in [0.25, 0.3) is 0 Å². The number of fused-ring (bicyclic) bond motifs is 5. The van der Waals surface area contributed by atoms with E-state index in [1.54, 1.807) is 12.7 Å². The monoisotopic (exact) mass is 360 g/mol. The molecule has 0 bridgehead atoms. The molecule has 4 aliphatic rings. The third-order valence-corrected chi connectivity index (χ3v) is 9.79. The predicted molar refractivity (Wildman–Crippen MR) is 107 cm³/mol. The van der Waals surface area contributed by atoms with Crippen molar-refractivity contribution in [2.75, 3.05) is 13.7 Å². The van der Waals surface area contributed by atoms with E-state index in [-0.39, 0.29) is 0 Å². The van der Waals surface area contributed by atoms with E-state index in [0.29, 0.717) is 23.4 Å². The van der Waals surface area contributed by atoms with Crippen molar-refractivity contribution in [1.82, 2.24) is 0 Å². The van der Waals surface area contributed by atoms with E-state index >= 15 is 0 Å². The molecule has 148 valence electrons. The molecule has 7 atom stereocenters. The molecule has 0 aromatic carbocycles. The zero-order valence-electron chi connectivity index (χ0n) is 17.5. The Balaban J connectivity index is 1.61. The van der Waals surface area contributed by atoms with Gasteiger partial charge in [-0.05, 0) is 106 Å². The van der Waals surface area contributed by atoms with Crippen molar-refractivity contribution in [3.63, 3.8) is 0 Å². The predicted octanol–water partition coefficient (Wildman–Crippen LogP) is 5.74. The Labute approximate surface area is 160 Å². The fourth-order valence-electron chi connectivity index (χ4n) is 8.56. The molecule has 0 heterocycles. The maximum atomic E-state index is 11.0. The van der Waals surface area contributed by atoms with Crippen molar-refractivity contribution in [3.8, 4) is 0 Å². The summed E-state index contributed by atoms with van der Waals surface area (Å²) in [7, 11) is 1.73. The Morgan fingerprint density at radius 2 is 1.92 bits per heavy atom. The summed E-state index contributed by atoms with van der Waals surface area (Å²) in [6, 6.07) is 0. The Morgan fingerprint density at radius 3 is 2.62 bits per heavy atom. The first-order valence-corrected chi connectivity index (χ1v) is 11.3. The van der Waals surface area contributed by atoms with Crippen LogP contribution in [0.5, 0.6) is 0 Å². The second kappa shape index (κ2) is 6.62. The maximum Gasteiger partial charge on any atom is 0.0883 e. The van der Waals surface area contributed by atoms with Crippen LogP contribution in [-0.4, -0.2) is 24.4 Å². The molecule has 1 N–H and O–H groups in total. The second-order valence-electron chi connectivity index (χ2n) is 10.4. The standard InChI is InChI=1S/C24H40O2/c1-5-17-8-10-20-19-9-7-18-15-23(25,16-26-4)13-14-24(18,6-2)21(19)11-12-22(17,20)3/h5,18-21,25H,6-16H2,1-4H3/b17-5-/t18-,19+,20+,21+,22-,23-,24+/m1/s1. The van der Waals surface area contributed by atoms with Gasteiger partial charge in [0, 0.05) is 7.11 Å². The van der Waals surface area contributed by atoms with Gasteiger partial charge in [-0.15, -0.1) is 0 Å². The number of methoxy groups -OCH3 is 1. The summed E-state index contributed by atoms with van der Waals surface area (Å²) in [6.07, 6.45) is 15.2. The molecule has 4 fully saturated rings. The minimum Gasteiger partial charge on any atom is -0.387 e. The Morgan fingerprint density at radius 1 is 1.12 bits per heavy atom. The number of rotatable bonds is 3. The molecule has 4 rings (SSSR count). The van der Waals surface area contributed by atoms with Crippen LogP contribution in [-0.2, 0) is 4.74 Å². The third-order valence-electron chi connectivity index (χ3n) is 9.79. The number of ether oxygens (including phenoxy) is 1. The molecular formula is C24H40O2. The first-order valence-electron chi connectivity index (χ1n) is 11.3. The van der Waals surface area contributed by atoms with Crippen LogP contribution in [0.15, 0.2) is 11.6 Å². The average Bonchev–Trinajstić information content (AvgIpc) is 2.97. The Kier molecular flexibility index (Phi) is 4.84. The molecule has 2 heteroatoms. The first kappa shape index (κ1) is 19.0. The van der Waals surface area contributed by atoms with Crippen LogP contribution in [0.3, 0.4) is 0 Å². The summed E-state index contributed by atoms with van der Waals surface area (Å²) >= 11 is 0. The van der Waals surface area contributed by atoms with Gasteiger partial charge in [-0.1, -0.05) is 25.5 Å². The van der Waals surface area contributed by atoms with Gasteiger partial charge in [-0.2, -0.15) is 0 Å². The Bertz CT molecular complexity index is 569. The highest BCUT2D eigenvalue weighted by Gasteiger charge is 2.61. The maximum absolute atomic E-state index is 11.0. The molecular weight excluding hydrogens is 320 g/mol. The van der Waals surface area contributed by atoms with Crippen LogP contribution in [0, 0.1) is 34.5 Å². The highest BCUT2D eigenvalue weighted by Crippen LogP contribution is 2.68. The van der Waals surface area contributed by atoms with Gasteiger partial charge in [0.1, 0.15) is 0 Å². The average molecular weight is 361 g/mol. The topological polar surface area (TPSA) is 29.5 Å². The van der Waals surface area contributed by atoms with E-state index in [1.165, 1.54) is 51.4 Å². The number of hydrogen-bond donors (Lipinski definition) is 1. The fourth-order valence-corrected chi connectivity index (χ4v) is 8.56. The van der Waals surface area contributed by atoms with Gasteiger partial charge in [0.15, 0.2) is 0 Å². The molecule has 4 aliphatic carbocycles. The van der Waals surface area contributed by atoms with E-state index in [9.17, 15) is 5.11 Å². The molecule has 2 nitrogen and oxygen atoms in total. The van der Waals surface area contributed by atoms with E-state index in [2.05, 4.69) is 26.8 Å². The summed E-state index contributed by atoms with van der Waals surface area (Å²) in [4.78, 5) is 0. The van der Waals surface area contributed by atoms with Crippen molar-refractivity contribution in [1.29, 1.82) is 0 Å². The molecule has 0 amide bonds. The van der Waals surface area contributed by atoms with Crippen molar-refractivity contribution < 1.29 is 9.84 Å². The summed E-state index contributed by atoms with van der Waals surface area (Å²) in [5.74, 6) is 3.44. The molecule has 0 radical (unpaired) electrons. The van der Waals surface area contributed by atoms with Crippen molar-refractivity contribution in [2.45, 2.75) is 90.6 Å². The second-order valence-corrected chi connectivity index (χ2v) is 10.4. The molecule has 0 aliphatic heterocycles. The zero-order valence-corrected chi connectivity index (χ0v) is 17.5. The lowest BCUT2D eigenvalue weighted by molar-refractivity contribution is -0.166. The third kappa shape index (κ3) is 2.58. The van der Waals surface area contributed by atoms with Crippen molar-refractivity contribution in [3.05, 3.63) is 11.6 Å². The molecule has 26 heavy (non-hydrogen) atoms. The van der Waals surface area contributed by atoms with Crippen LogP contribution >= 0.6 is 0 Å². The quantitative estimate of drug-likeness (QED) is 0.650. The van der Waals surface area contributed by atoms with Gasteiger partial charge < -0.3 is 9.84 Å². The van der Waals surface area contributed by atoms with Crippen LogP contribution < -0.4 is 0 Å². The lowest BCUT2D eigenvalue weighted by Crippen LogP contribution is -2.57. The van der Waals surface area contributed by atoms with E-state index in [1.807, 2.05) is 0 Å². The number of aliphatic hydroxyl groups is 1. The highest BCUT2D eigenvalue weighted by molar-refractivity contribution is 5.24. The van der Waals surface area contributed by atoms with E-state index in [0.717, 1.165) is 30.6 Å². The minimum absolute atomic E-state index is 0.489. The van der Waals surface area contributed by atoms with E-state index < -0.39 is 5.60 Å². The molecule has 0 aromatic rings. The molecule has 0 saturated heterocycles. The van der Waals surface area contributed by atoms with Gasteiger partial charge in [-0.3, -0.25) is 0 Å². The van der Waals surface area contributed by atoms with Crippen molar-refractivity contribution in [2.24, 2.45) is 34.5 Å². The number of hydrogen-bond acceptors (Lipinski definition) is 2. The summed E-state index contributed by atoms with van der Waals surface area (Å²) in [5, 5.41) is 11.0. The fraction of sp³-hybridized carbons (Fsp3) is 0.917. The lowest BCUT2D eigenvalue weighted by atomic mass is 9.43. The zero-order chi connectivity index (χ0) is 18.6. The lowest BCUT2D eigenvalue weighted by Gasteiger charge is -2.62. The van der Waals surface area contributed by atoms with Gasteiger partial charge in [0.2, 0.25) is 0 Å². The summed E-state index contributed by atoms with van der Waals surface area (Å²) in [5.41, 5.74) is 2.16. The van der Waals surface area contributed by atoms with Gasteiger partial charge in [0.25, 0.3) is 0 Å². The van der Waals surface area contributed by atoms with Crippen LogP contribution in [0.4, 0.5) is 0 Å². The summed E-state index contributed by atoms with van der Waals surface area (Å²) in [6.45, 7) is 7.80. The SMILES string of the molecule is C/C=C1/CC[C@H]2[C@@H]3CC[C@@H]4C[C@@](O)(COC)CC[C@]4(CC)[C@H]3CC[C@]12C. The largest absolute Gasteiger partial charge is 0.387 e. The smallest absolute Gasteiger partial charge is 0.0883 e. The van der Waals surface area contributed by atoms with Crippen LogP contribution in [0.1, 0.15) is 85.0 Å². The molecule has 0 spiro atoms. The van der Waals surface area contributed by atoms with Crippen LogP contribution in [0.2, 0.25) is 0 Å². The first-order chi connectivity index (χ1) is 12.4. The minimum atomic E-state index is -0.570. The summed E-state index contributed by atoms with van der Waals surface area (Å²) < 4.78 is 5.38. The molecule has 4 saturated carbocycles. The number of allylic oxidation sites excluding steroid dienone is 2. The van der Waals surface area contributed by atoms with Gasteiger partial charge in [-0.25, -0.2) is 0 Å². The highest BCUT2D eigenvalue weighted by atomic mass is 16.5. The van der Waals surface area contributed by atoms with E-state index in [4.69, 9.17) is 4.74 Å². The van der Waals surface area contributed by atoms with Gasteiger partial charge >= 0.3 is 0 Å². The molecule has 0 aromatic heterocycles. The molecule has 0 unspecified atom stereocenters. The van der Waals surface area contributed by atoms with Gasteiger partial charge in [0.05, 0.1) is 12.2 Å². The van der Waals surface area contributed by atoms with Crippen molar-refractivity contribution >= 4 is 0 Å². The Hall–Kier alpha value is -0.340.